The summed E-state index contributed by atoms with van der Waals surface area (Å²) in [5.41, 5.74) is 1.33. The van der Waals surface area contributed by atoms with E-state index >= 15 is 0 Å². The maximum absolute atomic E-state index is 12.9. The van der Waals surface area contributed by atoms with Crippen molar-refractivity contribution in [2.75, 3.05) is 38.6 Å². The number of esters is 1. The number of carbonyl (C=O) groups excluding carboxylic acids is 2. The van der Waals surface area contributed by atoms with Crippen LogP contribution in [-0.2, 0) is 16.1 Å². The van der Waals surface area contributed by atoms with Crippen LogP contribution < -0.4 is 5.32 Å². The van der Waals surface area contributed by atoms with E-state index in [0.29, 0.717) is 55.0 Å². The van der Waals surface area contributed by atoms with Gasteiger partial charge in [-0.25, -0.2) is 14.8 Å². The number of rotatable bonds is 7. The monoisotopic (exact) mass is 495 g/mol. The van der Waals surface area contributed by atoms with Gasteiger partial charge in [-0.15, -0.1) is 0 Å². The molecule has 1 saturated heterocycles. The molecule has 1 N–H and O–H groups in total. The normalized spacial score (nSPS) is 15.3. The SMILES string of the molecule is COC(=O)[C@@H](Nc1nc(CN2CCN(C(=O)c3ccccc3Cl)CC2)nc2ccccc12)C(C)C. The number of ether oxygens (including phenoxy) is 1. The van der Waals surface area contributed by atoms with Crippen molar-refractivity contribution in [2.45, 2.75) is 26.4 Å². The Kier molecular flexibility index (Phi) is 7.83. The number of nitrogens with one attached hydrogen (secondary N) is 1. The number of hydrogen-bond acceptors (Lipinski definition) is 7. The van der Waals surface area contributed by atoms with Crippen LogP contribution in [0.1, 0.15) is 30.0 Å². The average molecular weight is 496 g/mol. The van der Waals surface area contributed by atoms with Crippen molar-refractivity contribution in [3.05, 3.63) is 64.9 Å². The molecule has 2 aromatic carbocycles. The highest BCUT2D eigenvalue weighted by molar-refractivity contribution is 6.33. The fourth-order valence-electron chi connectivity index (χ4n) is 4.19. The molecule has 0 spiro atoms. The second-order valence-corrected chi connectivity index (χ2v) is 9.35. The van der Waals surface area contributed by atoms with Crippen molar-refractivity contribution in [2.24, 2.45) is 5.92 Å². The number of halogens is 1. The highest BCUT2D eigenvalue weighted by Gasteiger charge is 2.26. The highest BCUT2D eigenvalue weighted by atomic mass is 35.5. The minimum Gasteiger partial charge on any atom is -0.467 e. The standard InChI is InChI=1S/C26H30ClN5O3/c1-17(2)23(26(34)35-3)30-24-19-9-5-7-11-21(19)28-22(29-24)16-31-12-14-32(15-13-31)25(33)18-8-4-6-10-20(18)27/h4-11,17,23H,12-16H2,1-3H3,(H,28,29,30)/t23-/m0/s1. The summed E-state index contributed by atoms with van der Waals surface area (Å²) in [5, 5.41) is 4.60. The molecule has 1 atom stereocenters. The van der Waals surface area contributed by atoms with Gasteiger partial charge >= 0.3 is 5.97 Å². The van der Waals surface area contributed by atoms with Gasteiger partial charge in [0.1, 0.15) is 17.7 Å². The van der Waals surface area contributed by atoms with Crippen molar-refractivity contribution < 1.29 is 14.3 Å². The van der Waals surface area contributed by atoms with E-state index in [-0.39, 0.29) is 17.8 Å². The van der Waals surface area contributed by atoms with E-state index in [2.05, 4.69) is 10.2 Å². The molecule has 3 aromatic rings. The van der Waals surface area contributed by atoms with Gasteiger partial charge in [-0.1, -0.05) is 49.7 Å². The van der Waals surface area contributed by atoms with Crippen LogP contribution in [0.5, 0.6) is 0 Å². The van der Waals surface area contributed by atoms with E-state index in [1.165, 1.54) is 7.11 Å². The number of hydrogen-bond donors (Lipinski definition) is 1. The Morgan fingerprint density at radius 2 is 1.71 bits per heavy atom. The van der Waals surface area contributed by atoms with Crippen LogP contribution in [0.2, 0.25) is 5.02 Å². The van der Waals surface area contributed by atoms with Crippen LogP contribution in [0, 0.1) is 5.92 Å². The topological polar surface area (TPSA) is 87.7 Å². The highest BCUT2D eigenvalue weighted by Crippen LogP contribution is 2.24. The first-order chi connectivity index (χ1) is 16.9. The first-order valence-electron chi connectivity index (χ1n) is 11.7. The van der Waals surface area contributed by atoms with Crippen LogP contribution in [0.15, 0.2) is 48.5 Å². The molecule has 1 aliphatic heterocycles. The minimum atomic E-state index is -0.523. The van der Waals surface area contributed by atoms with Crippen molar-refractivity contribution in [3.63, 3.8) is 0 Å². The molecular formula is C26H30ClN5O3. The maximum Gasteiger partial charge on any atom is 0.328 e. The lowest BCUT2D eigenvalue weighted by Gasteiger charge is -2.34. The number of methoxy groups -OCH3 is 1. The Hall–Kier alpha value is -3.23. The second kappa shape index (κ2) is 11.0. The van der Waals surface area contributed by atoms with Gasteiger partial charge in [-0.3, -0.25) is 9.69 Å². The van der Waals surface area contributed by atoms with Crippen molar-refractivity contribution >= 4 is 40.2 Å². The Labute approximate surface area is 210 Å². The zero-order valence-electron chi connectivity index (χ0n) is 20.2. The van der Waals surface area contributed by atoms with Crippen molar-refractivity contribution in [3.8, 4) is 0 Å². The number of fused-ring (bicyclic) bond motifs is 1. The molecule has 1 amide bonds. The number of aromatic nitrogens is 2. The Balaban J connectivity index is 1.49. The summed E-state index contributed by atoms with van der Waals surface area (Å²) in [4.78, 5) is 38.8. The molecule has 1 aliphatic rings. The average Bonchev–Trinajstić information content (AvgIpc) is 2.87. The van der Waals surface area contributed by atoms with Gasteiger partial charge in [0, 0.05) is 31.6 Å². The van der Waals surface area contributed by atoms with E-state index in [1.54, 1.807) is 12.1 Å². The zero-order chi connectivity index (χ0) is 24.9. The third-order valence-corrected chi connectivity index (χ3v) is 6.52. The fourth-order valence-corrected chi connectivity index (χ4v) is 4.41. The fraction of sp³-hybridized carbons (Fsp3) is 0.385. The number of para-hydroxylation sites is 1. The molecule has 4 rings (SSSR count). The number of amides is 1. The molecule has 0 saturated carbocycles. The predicted molar refractivity (Wildman–Crippen MR) is 136 cm³/mol. The molecule has 8 nitrogen and oxygen atoms in total. The lowest BCUT2D eigenvalue weighted by atomic mass is 10.0. The Morgan fingerprint density at radius 1 is 1.03 bits per heavy atom. The smallest absolute Gasteiger partial charge is 0.328 e. The molecule has 0 radical (unpaired) electrons. The number of nitrogens with zero attached hydrogens (tertiary/aromatic N) is 4. The van der Waals surface area contributed by atoms with Gasteiger partial charge in [0.25, 0.3) is 5.91 Å². The van der Waals surface area contributed by atoms with Crippen molar-refractivity contribution in [1.82, 2.24) is 19.8 Å². The molecule has 35 heavy (non-hydrogen) atoms. The summed E-state index contributed by atoms with van der Waals surface area (Å²) in [6, 6.07) is 14.3. The zero-order valence-corrected chi connectivity index (χ0v) is 21.0. The van der Waals surface area contributed by atoms with Gasteiger partial charge in [0.15, 0.2) is 0 Å². The van der Waals surface area contributed by atoms with E-state index in [1.807, 2.05) is 55.1 Å². The number of carbonyl (C=O) groups is 2. The van der Waals surface area contributed by atoms with E-state index < -0.39 is 6.04 Å². The third-order valence-electron chi connectivity index (χ3n) is 6.19. The molecule has 0 bridgehead atoms. The molecule has 0 unspecified atom stereocenters. The number of anilines is 1. The first-order valence-corrected chi connectivity index (χ1v) is 12.1. The predicted octanol–water partition coefficient (Wildman–Crippen LogP) is 3.85. The summed E-state index contributed by atoms with van der Waals surface area (Å²) in [6.45, 7) is 7.06. The molecule has 1 fully saturated rings. The Bertz CT molecular complexity index is 1210. The summed E-state index contributed by atoms with van der Waals surface area (Å²) >= 11 is 6.21. The summed E-state index contributed by atoms with van der Waals surface area (Å²) < 4.78 is 4.98. The van der Waals surface area contributed by atoms with E-state index in [4.69, 9.17) is 26.3 Å². The number of piperazine rings is 1. The van der Waals surface area contributed by atoms with Gasteiger partial charge in [-0.2, -0.15) is 0 Å². The van der Waals surface area contributed by atoms with E-state index in [0.717, 1.165) is 10.9 Å². The lowest BCUT2D eigenvalue weighted by Crippen LogP contribution is -2.48. The molecule has 2 heterocycles. The van der Waals surface area contributed by atoms with Crippen LogP contribution in [0.25, 0.3) is 10.9 Å². The van der Waals surface area contributed by atoms with Gasteiger partial charge in [-0.05, 0) is 30.2 Å². The first kappa shape index (κ1) is 24.9. The summed E-state index contributed by atoms with van der Waals surface area (Å²) in [7, 11) is 1.39. The molecule has 1 aromatic heterocycles. The van der Waals surface area contributed by atoms with Crippen LogP contribution in [0.4, 0.5) is 5.82 Å². The van der Waals surface area contributed by atoms with Crippen molar-refractivity contribution in [1.29, 1.82) is 0 Å². The lowest BCUT2D eigenvalue weighted by molar-refractivity contribution is -0.142. The van der Waals surface area contributed by atoms with E-state index in [9.17, 15) is 9.59 Å². The quantitative estimate of drug-likeness (QED) is 0.498. The third kappa shape index (κ3) is 5.71. The van der Waals surface area contributed by atoms with Crippen LogP contribution in [0.3, 0.4) is 0 Å². The molecular weight excluding hydrogens is 466 g/mol. The summed E-state index contributed by atoms with van der Waals surface area (Å²) in [6.07, 6.45) is 0. The second-order valence-electron chi connectivity index (χ2n) is 8.94. The summed E-state index contributed by atoms with van der Waals surface area (Å²) in [5.74, 6) is 0.907. The van der Waals surface area contributed by atoms with Gasteiger partial charge < -0.3 is 15.0 Å². The molecule has 184 valence electrons. The van der Waals surface area contributed by atoms with Gasteiger partial charge in [0.2, 0.25) is 0 Å². The van der Waals surface area contributed by atoms with Crippen LogP contribution >= 0.6 is 11.6 Å². The maximum atomic E-state index is 12.9. The largest absolute Gasteiger partial charge is 0.467 e. The Morgan fingerprint density at radius 3 is 2.40 bits per heavy atom. The van der Waals surface area contributed by atoms with Crippen LogP contribution in [-0.4, -0.2) is 71.0 Å². The molecule has 9 heteroatoms. The molecule has 0 aliphatic carbocycles. The van der Waals surface area contributed by atoms with Gasteiger partial charge in [0.05, 0.1) is 29.8 Å². The number of benzene rings is 2. The minimum absolute atomic E-state index is 0.0170.